The van der Waals surface area contributed by atoms with Crippen LogP contribution in [0.3, 0.4) is 0 Å². The quantitative estimate of drug-likeness (QED) is 0.660. The Balaban J connectivity index is 2.02. The van der Waals surface area contributed by atoms with Gasteiger partial charge in [-0.15, -0.1) is 0 Å². The minimum Gasteiger partial charge on any atom is -0.342 e. The van der Waals surface area contributed by atoms with Crippen LogP contribution < -0.4 is 5.32 Å². The molecule has 0 aliphatic carbocycles. The number of anilines is 1. The summed E-state index contributed by atoms with van der Waals surface area (Å²) in [5.74, 6) is -4.39. The molecule has 8 heteroatoms. The molecule has 1 aliphatic heterocycles. The molecule has 0 saturated carbocycles. The maximum absolute atomic E-state index is 13.4. The highest BCUT2D eigenvalue weighted by Crippen LogP contribution is 2.20. The Kier molecular flexibility index (Phi) is 4.11. The fourth-order valence-corrected chi connectivity index (χ4v) is 1.85. The topological polar surface area (TPSA) is 52.7 Å². The molecule has 0 atom stereocenters. The van der Waals surface area contributed by atoms with Crippen LogP contribution in [0.2, 0.25) is 0 Å². The van der Waals surface area contributed by atoms with Crippen LogP contribution in [0.1, 0.15) is 0 Å². The summed E-state index contributed by atoms with van der Waals surface area (Å²) in [6, 6.07) is 1.06. The van der Waals surface area contributed by atoms with E-state index >= 15 is 0 Å². The molecule has 1 saturated heterocycles. The third-order valence-electron chi connectivity index (χ3n) is 3.03. The number of halogens is 3. The fraction of sp³-hybridized carbons (Fsp3) is 0.333. The van der Waals surface area contributed by atoms with Crippen molar-refractivity contribution >= 4 is 18.1 Å². The van der Waals surface area contributed by atoms with Gasteiger partial charge in [0, 0.05) is 26.2 Å². The summed E-state index contributed by atoms with van der Waals surface area (Å²) >= 11 is 0. The van der Waals surface area contributed by atoms with Crippen molar-refractivity contribution in [2.45, 2.75) is 0 Å². The van der Waals surface area contributed by atoms with Gasteiger partial charge >= 0.3 is 6.03 Å². The van der Waals surface area contributed by atoms with E-state index in [9.17, 15) is 22.8 Å². The van der Waals surface area contributed by atoms with Crippen LogP contribution in [0.15, 0.2) is 12.1 Å². The molecular weight excluding hydrogens is 275 g/mol. The van der Waals surface area contributed by atoms with Crippen molar-refractivity contribution in [1.82, 2.24) is 9.80 Å². The van der Waals surface area contributed by atoms with Crippen LogP contribution in [0.4, 0.5) is 23.7 Å². The minimum atomic E-state index is -1.63. The summed E-state index contributed by atoms with van der Waals surface area (Å²) in [4.78, 5) is 25.2. The Morgan fingerprint density at radius 1 is 1.10 bits per heavy atom. The number of carbonyl (C=O) groups excluding carboxylic acids is 2. The molecule has 1 fully saturated rings. The molecule has 2 rings (SSSR count). The predicted octanol–water partition coefficient (Wildman–Crippen LogP) is 1.41. The standard InChI is InChI=1S/C12H12F3N3O2/c13-8-1-2-9(11(15)10(8)14)16-12(20)18-5-3-17(7-19)4-6-18/h1-2,7H,3-6H2,(H,16,20). The van der Waals surface area contributed by atoms with Gasteiger partial charge in [0.25, 0.3) is 0 Å². The summed E-state index contributed by atoms with van der Waals surface area (Å²) in [5, 5.41) is 2.18. The number of urea groups is 1. The number of hydrogen-bond acceptors (Lipinski definition) is 2. The highest BCUT2D eigenvalue weighted by Gasteiger charge is 2.22. The maximum Gasteiger partial charge on any atom is 0.322 e. The Morgan fingerprint density at radius 2 is 1.75 bits per heavy atom. The van der Waals surface area contributed by atoms with Crippen molar-refractivity contribution in [3.05, 3.63) is 29.6 Å². The Labute approximate surface area is 113 Å². The van der Waals surface area contributed by atoms with Crippen molar-refractivity contribution < 1.29 is 22.8 Å². The molecule has 1 aromatic rings. The normalized spacial score (nSPS) is 15.2. The summed E-state index contributed by atoms with van der Waals surface area (Å²) in [7, 11) is 0. The molecule has 108 valence electrons. The summed E-state index contributed by atoms with van der Waals surface area (Å²) in [5.41, 5.74) is -0.424. The van der Waals surface area contributed by atoms with Crippen molar-refractivity contribution in [2.75, 3.05) is 31.5 Å². The van der Waals surface area contributed by atoms with Gasteiger partial charge in [-0.25, -0.2) is 18.0 Å². The number of rotatable bonds is 2. The van der Waals surface area contributed by atoms with Gasteiger partial charge in [0.05, 0.1) is 5.69 Å². The monoisotopic (exact) mass is 287 g/mol. The van der Waals surface area contributed by atoms with Crippen LogP contribution in [-0.2, 0) is 4.79 Å². The summed E-state index contributed by atoms with van der Waals surface area (Å²) < 4.78 is 39.2. The van der Waals surface area contributed by atoms with Crippen molar-refractivity contribution in [3.63, 3.8) is 0 Å². The van der Waals surface area contributed by atoms with E-state index in [-0.39, 0.29) is 13.1 Å². The molecule has 1 aromatic carbocycles. The number of nitrogens with zero attached hydrogens (tertiary/aromatic N) is 2. The average Bonchev–Trinajstić information content (AvgIpc) is 2.48. The van der Waals surface area contributed by atoms with E-state index in [4.69, 9.17) is 0 Å². The third-order valence-corrected chi connectivity index (χ3v) is 3.03. The summed E-state index contributed by atoms with van der Waals surface area (Å²) in [6.07, 6.45) is 0.685. The molecule has 0 radical (unpaired) electrons. The number of nitrogens with one attached hydrogen (secondary N) is 1. The minimum absolute atomic E-state index is 0.288. The molecule has 1 N–H and O–H groups in total. The molecule has 0 aromatic heterocycles. The molecule has 5 nitrogen and oxygen atoms in total. The Hall–Kier alpha value is -2.25. The van der Waals surface area contributed by atoms with Gasteiger partial charge in [0.1, 0.15) is 0 Å². The van der Waals surface area contributed by atoms with Crippen LogP contribution in [0.5, 0.6) is 0 Å². The molecule has 1 heterocycles. The zero-order chi connectivity index (χ0) is 14.7. The van der Waals surface area contributed by atoms with E-state index in [1.54, 1.807) is 0 Å². The number of amides is 3. The maximum atomic E-state index is 13.4. The van der Waals surface area contributed by atoms with Gasteiger partial charge in [0.2, 0.25) is 6.41 Å². The van der Waals surface area contributed by atoms with Crippen LogP contribution in [0.25, 0.3) is 0 Å². The summed E-state index contributed by atoms with van der Waals surface area (Å²) in [6.45, 7) is 1.32. The van der Waals surface area contributed by atoms with Gasteiger partial charge in [0.15, 0.2) is 17.5 Å². The van der Waals surface area contributed by atoms with Crippen molar-refractivity contribution in [2.24, 2.45) is 0 Å². The zero-order valence-electron chi connectivity index (χ0n) is 10.4. The lowest BCUT2D eigenvalue weighted by molar-refractivity contribution is -0.119. The second kappa shape index (κ2) is 5.81. The first kappa shape index (κ1) is 14.2. The first-order valence-corrected chi connectivity index (χ1v) is 5.91. The van der Waals surface area contributed by atoms with Crippen molar-refractivity contribution in [3.8, 4) is 0 Å². The smallest absolute Gasteiger partial charge is 0.322 e. The molecule has 3 amide bonds. The van der Waals surface area contributed by atoms with Crippen molar-refractivity contribution in [1.29, 1.82) is 0 Å². The number of hydrogen-bond donors (Lipinski definition) is 1. The molecular formula is C12H12F3N3O2. The molecule has 0 unspecified atom stereocenters. The van der Waals surface area contributed by atoms with Gasteiger partial charge in [-0.1, -0.05) is 0 Å². The highest BCUT2D eigenvalue weighted by atomic mass is 19.2. The van der Waals surface area contributed by atoms with E-state index in [1.807, 2.05) is 0 Å². The van der Waals surface area contributed by atoms with E-state index in [2.05, 4.69) is 5.32 Å². The van der Waals surface area contributed by atoms with Crippen LogP contribution in [0, 0.1) is 17.5 Å². The number of carbonyl (C=O) groups is 2. The Bertz CT molecular complexity index is 531. The largest absolute Gasteiger partial charge is 0.342 e. The van der Waals surface area contributed by atoms with Gasteiger partial charge in [-0.3, -0.25) is 4.79 Å². The molecule has 0 spiro atoms. The second-order valence-electron chi connectivity index (χ2n) is 4.28. The second-order valence-corrected chi connectivity index (χ2v) is 4.28. The average molecular weight is 287 g/mol. The van der Waals surface area contributed by atoms with E-state index < -0.39 is 29.2 Å². The first-order chi connectivity index (χ1) is 9.52. The van der Waals surface area contributed by atoms with E-state index in [0.717, 1.165) is 12.1 Å². The van der Waals surface area contributed by atoms with Gasteiger partial charge in [-0.2, -0.15) is 0 Å². The fourth-order valence-electron chi connectivity index (χ4n) is 1.85. The molecule has 20 heavy (non-hydrogen) atoms. The van der Waals surface area contributed by atoms with E-state index in [0.29, 0.717) is 19.5 Å². The molecule has 1 aliphatic rings. The molecule has 0 bridgehead atoms. The lowest BCUT2D eigenvalue weighted by Gasteiger charge is -2.32. The highest BCUT2D eigenvalue weighted by molar-refractivity contribution is 5.89. The first-order valence-electron chi connectivity index (χ1n) is 5.91. The SMILES string of the molecule is O=CN1CCN(C(=O)Nc2ccc(F)c(F)c2F)CC1. The van der Waals surface area contributed by atoms with Gasteiger partial charge in [-0.05, 0) is 12.1 Å². The lowest BCUT2D eigenvalue weighted by atomic mass is 10.3. The number of benzene rings is 1. The van der Waals surface area contributed by atoms with Crippen LogP contribution in [-0.4, -0.2) is 48.4 Å². The number of piperazine rings is 1. The van der Waals surface area contributed by atoms with Gasteiger partial charge < -0.3 is 15.1 Å². The Morgan fingerprint density at radius 3 is 2.35 bits per heavy atom. The third kappa shape index (κ3) is 2.84. The predicted molar refractivity (Wildman–Crippen MR) is 64.5 cm³/mol. The van der Waals surface area contributed by atoms with E-state index in [1.165, 1.54) is 9.80 Å². The lowest BCUT2D eigenvalue weighted by Crippen LogP contribution is -2.49. The zero-order valence-corrected chi connectivity index (χ0v) is 10.4. The van der Waals surface area contributed by atoms with Crippen LogP contribution >= 0.6 is 0 Å².